The molecule has 0 unspecified atom stereocenters. The Bertz CT molecular complexity index is 474. The Morgan fingerprint density at radius 2 is 2.06 bits per heavy atom. The number of carbonyl (C=O) groups is 1. The van der Waals surface area contributed by atoms with Crippen molar-refractivity contribution in [3.8, 4) is 10.4 Å². The van der Waals surface area contributed by atoms with Crippen LogP contribution < -0.4 is 0 Å². The second-order valence-electron chi connectivity index (χ2n) is 3.44. The van der Waals surface area contributed by atoms with Gasteiger partial charge in [-0.15, -0.1) is 11.3 Å². The summed E-state index contributed by atoms with van der Waals surface area (Å²) in [4.78, 5) is 12.3. The van der Waals surface area contributed by atoms with E-state index in [1.54, 1.807) is 11.3 Å². The average Bonchev–Trinajstić information content (AvgIpc) is 2.78. The van der Waals surface area contributed by atoms with Crippen LogP contribution >= 0.6 is 11.3 Å². The lowest BCUT2D eigenvalue weighted by atomic mass is 10.1. The van der Waals surface area contributed by atoms with E-state index in [1.165, 1.54) is 17.6 Å². The number of rotatable bonds is 3. The van der Waals surface area contributed by atoms with Gasteiger partial charge < -0.3 is 4.74 Å². The molecule has 0 saturated heterocycles. The average molecular weight is 232 g/mol. The van der Waals surface area contributed by atoms with E-state index in [-0.39, 0.29) is 5.97 Å². The SMILES string of the molecule is COC(=O)Cc1csc(-c2ccccc2)c1. The van der Waals surface area contributed by atoms with Gasteiger partial charge in [-0.2, -0.15) is 0 Å². The zero-order valence-corrected chi connectivity index (χ0v) is 9.79. The van der Waals surface area contributed by atoms with E-state index in [9.17, 15) is 4.79 Å². The lowest BCUT2D eigenvalue weighted by Crippen LogP contribution is -2.03. The van der Waals surface area contributed by atoms with Crippen LogP contribution in [0.3, 0.4) is 0 Å². The fourth-order valence-corrected chi connectivity index (χ4v) is 2.38. The van der Waals surface area contributed by atoms with Gasteiger partial charge in [-0.25, -0.2) is 0 Å². The van der Waals surface area contributed by atoms with Crippen LogP contribution in [0.5, 0.6) is 0 Å². The Balaban J connectivity index is 2.17. The van der Waals surface area contributed by atoms with Gasteiger partial charge in [0, 0.05) is 4.88 Å². The van der Waals surface area contributed by atoms with Crippen LogP contribution in [0.1, 0.15) is 5.56 Å². The van der Waals surface area contributed by atoms with Gasteiger partial charge in [0.2, 0.25) is 0 Å². The lowest BCUT2D eigenvalue weighted by molar-refractivity contribution is -0.139. The third-order valence-corrected chi connectivity index (χ3v) is 3.32. The molecule has 2 aromatic rings. The molecule has 0 N–H and O–H groups in total. The van der Waals surface area contributed by atoms with Gasteiger partial charge >= 0.3 is 5.97 Å². The maximum Gasteiger partial charge on any atom is 0.310 e. The number of hydrogen-bond donors (Lipinski definition) is 0. The topological polar surface area (TPSA) is 26.3 Å². The van der Waals surface area contributed by atoms with Gasteiger partial charge in [-0.05, 0) is 22.6 Å². The van der Waals surface area contributed by atoms with Gasteiger partial charge in [0.1, 0.15) is 0 Å². The molecule has 3 heteroatoms. The molecule has 82 valence electrons. The highest BCUT2D eigenvalue weighted by molar-refractivity contribution is 7.13. The predicted octanol–water partition coefficient (Wildman–Crippen LogP) is 3.13. The molecule has 1 heterocycles. The summed E-state index contributed by atoms with van der Waals surface area (Å²) in [5.41, 5.74) is 2.19. The molecule has 2 nitrogen and oxygen atoms in total. The maximum absolute atomic E-state index is 11.1. The Kier molecular flexibility index (Phi) is 3.37. The molecule has 0 amide bonds. The Labute approximate surface area is 98.5 Å². The van der Waals surface area contributed by atoms with Crippen LogP contribution in [-0.2, 0) is 16.0 Å². The van der Waals surface area contributed by atoms with Crippen LogP contribution in [0.4, 0.5) is 0 Å². The van der Waals surface area contributed by atoms with E-state index in [2.05, 4.69) is 16.9 Å². The van der Waals surface area contributed by atoms with Crippen molar-refractivity contribution in [3.63, 3.8) is 0 Å². The predicted molar refractivity (Wildman–Crippen MR) is 65.5 cm³/mol. The van der Waals surface area contributed by atoms with Gasteiger partial charge in [-0.1, -0.05) is 30.3 Å². The molecule has 16 heavy (non-hydrogen) atoms. The fourth-order valence-electron chi connectivity index (χ4n) is 1.46. The molecule has 1 aromatic heterocycles. The first-order chi connectivity index (χ1) is 7.79. The minimum atomic E-state index is -0.197. The molecular weight excluding hydrogens is 220 g/mol. The van der Waals surface area contributed by atoms with E-state index in [4.69, 9.17) is 0 Å². The molecule has 2 rings (SSSR count). The molecular formula is C13H12O2S. The summed E-state index contributed by atoms with van der Waals surface area (Å²) < 4.78 is 4.63. The summed E-state index contributed by atoms with van der Waals surface area (Å²) in [6.45, 7) is 0. The van der Waals surface area contributed by atoms with E-state index < -0.39 is 0 Å². The molecule has 0 fully saturated rings. The van der Waals surface area contributed by atoms with Gasteiger partial charge in [-0.3, -0.25) is 4.79 Å². The van der Waals surface area contributed by atoms with Gasteiger partial charge in [0.15, 0.2) is 0 Å². The number of carbonyl (C=O) groups excluding carboxylic acids is 1. The van der Waals surface area contributed by atoms with E-state index in [1.807, 2.05) is 29.6 Å². The minimum Gasteiger partial charge on any atom is -0.469 e. The summed E-state index contributed by atoms with van der Waals surface area (Å²) in [6.07, 6.45) is 0.347. The van der Waals surface area contributed by atoms with Crippen molar-refractivity contribution in [1.82, 2.24) is 0 Å². The highest BCUT2D eigenvalue weighted by Crippen LogP contribution is 2.27. The molecule has 0 aliphatic heterocycles. The number of ether oxygens (including phenoxy) is 1. The number of methoxy groups -OCH3 is 1. The second-order valence-corrected chi connectivity index (χ2v) is 4.35. The number of esters is 1. The molecule has 0 spiro atoms. The zero-order valence-electron chi connectivity index (χ0n) is 8.97. The minimum absolute atomic E-state index is 0.197. The number of hydrogen-bond acceptors (Lipinski definition) is 3. The summed E-state index contributed by atoms with van der Waals surface area (Å²) in [7, 11) is 1.41. The summed E-state index contributed by atoms with van der Waals surface area (Å²) in [6, 6.07) is 12.2. The van der Waals surface area contributed by atoms with Crippen LogP contribution in [0, 0.1) is 0 Å². The summed E-state index contributed by atoms with van der Waals surface area (Å²) in [5, 5.41) is 2.00. The van der Waals surface area contributed by atoms with Crippen molar-refractivity contribution in [3.05, 3.63) is 47.3 Å². The van der Waals surface area contributed by atoms with Crippen LogP contribution in [0.2, 0.25) is 0 Å². The Hall–Kier alpha value is -1.61. The smallest absolute Gasteiger partial charge is 0.310 e. The van der Waals surface area contributed by atoms with Crippen LogP contribution in [0.25, 0.3) is 10.4 Å². The van der Waals surface area contributed by atoms with Crippen LogP contribution in [-0.4, -0.2) is 13.1 Å². The zero-order chi connectivity index (χ0) is 11.4. The van der Waals surface area contributed by atoms with E-state index >= 15 is 0 Å². The number of thiophene rings is 1. The lowest BCUT2D eigenvalue weighted by Gasteiger charge is -1.96. The van der Waals surface area contributed by atoms with E-state index in [0.717, 1.165) is 5.56 Å². The summed E-state index contributed by atoms with van der Waals surface area (Å²) in [5.74, 6) is -0.197. The molecule has 0 aliphatic rings. The second kappa shape index (κ2) is 4.94. The molecule has 0 saturated carbocycles. The van der Waals surface area contributed by atoms with Crippen molar-refractivity contribution in [2.24, 2.45) is 0 Å². The Morgan fingerprint density at radius 1 is 1.31 bits per heavy atom. The van der Waals surface area contributed by atoms with Crippen molar-refractivity contribution < 1.29 is 9.53 Å². The standard InChI is InChI=1S/C13H12O2S/c1-15-13(14)8-10-7-12(16-9-10)11-5-3-2-4-6-11/h2-7,9H,8H2,1H3. The van der Waals surface area contributed by atoms with Crippen LogP contribution in [0.15, 0.2) is 41.8 Å². The molecule has 0 aliphatic carbocycles. The van der Waals surface area contributed by atoms with Crippen molar-refractivity contribution in [2.45, 2.75) is 6.42 Å². The third-order valence-electron chi connectivity index (χ3n) is 2.29. The van der Waals surface area contributed by atoms with Crippen molar-refractivity contribution in [2.75, 3.05) is 7.11 Å². The highest BCUT2D eigenvalue weighted by atomic mass is 32.1. The molecule has 1 aromatic carbocycles. The molecule has 0 atom stereocenters. The Morgan fingerprint density at radius 3 is 2.75 bits per heavy atom. The third kappa shape index (κ3) is 2.49. The van der Waals surface area contributed by atoms with Crippen molar-refractivity contribution in [1.29, 1.82) is 0 Å². The number of benzene rings is 1. The van der Waals surface area contributed by atoms with Crippen molar-refractivity contribution >= 4 is 17.3 Å². The summed E-state index contributed by atoms with van der Waals surface area (Å²) >= 11 is 1.65. The van der Waals surface area contributed by atoms with E-state index in [0.29, 0.717) is 6.42 Å². The van der Waals surface area contributed by atoms with Gasteiger partial charge in [0.05, 0.1) is 13.5 Å². The quantitative estimate of drug-likeness (QED) is 0.760. The first-order valence-electron chi connectivity index (χ1n) is 4.99. The highest BCUT2D eigenvalue weighted by Gasteiger charge is 2.06. The molecule has 0 radical (unpaired) electrons. The van der Waals surface area contributed by atoms with Gasteiger partial charge in [0.25, 0.3) is 0 Å². The molecule has 0 bridgehead atoms. The normalized spacial score (nSPS) is 10.1. The monoisotopic (exact) mass is 232 g/mol. The first kappa shape index (κ1) is 10.9. The largest absolute Gasteiger partial charge is 0.469 e. The fraction of sp³-hybridized carbons (Fsp3) is 0.154. The first-order valence-corrected chi connectivity index (χ1v) is 5.87. The maximum atomic E-state index is 11.1.